The van der Waals surface area contributed by atoms with Crippen molar-refractivity contribution in [2.75, 3.05) is 5.32 Å². The lowest BCUT2D eigenvalue weighted by Gasteiger charge is -2.03. The third-order valence-corrected chi connectivity index (χ3v) is 3.24. The quantitative estimate of drug-likeness (QED) is 0.742. The number of hydrogen-bond acceptors (Lipinski definition) is 3. The molecule has 3 rings (SSSR count). The van der Waals surface area contributed by atoms with E-state index in [-0.39, 0.29) is 0 Å². The van der Waals surface area contributed by atoms with Crippen LogP contribution in [0.5, 0.6) is 0 Å². The van der Waals surface area contributed by atoms with Gasteiger partial charge in [0.25, 0.3) is 0 Å². The van der Waals surface area contributed by atoms with E-state index in [1.54, 1.807) is 0 Å². The van der Waals surface area contributed by atoms with Gasteiger partial charge in [0.05, 0.1) is 17.9 Å². The minimum absolute atomic E-state index is 0.725. The highest BCUT2D eigenvalue weighted by molar-refractivity contribution is 5.52. The summed E-state index contributed by atoms with van der Waals surface area (Å²) < 4.78 is 4.13. The normalized spacial score (nSPS) is 10.9. The molecule has 0 unspecified atom stereocenters. The predicted molar refractivity (Wildman–Crippen MR) is 78.1 cm³/mol. The smallest absolute Gasteiger partial charge is 0.240 e. The molecule has 1 N–H and O–H groups in total. The third kappa shape index (κ3) is 2.11. The van der Waals surface area contributed by atoms with Crippen LogP contribution >= 0.6 is 0 Å². The van der Waals surface area contributed by atoms with Crippen molar-refractivity contribution in [3.8, 4) is 0 Å². The van der Waals surface area contributed by atoms with Gasteiger partial charge < -0.3 is 0 Å². The zero-order valence-electron chi connectivity index (χ0n) is 12.0. The van der Waals surface area contributed by atoms with Crippen molar-refractivity contribution in [2.24, 2.45) is 0 Å². The first kappa shape index (κ1) is 12.6. The number of benzene rings is 1. The van der Waals surface area contributed by atoms with Gasteiger partial charge in [-0.25, -0.2) is 10.3 Å². The van der Waals surface area contributed by atoms with Crippen LogP contribution in [-0.2, 0) is 6.54 Å². The van der Waals surface area contributed by atoms with Gasteiger partial charge in [-0.2, -0.15) is 9.20 Å². The highest BCUT2D eigenvalue weighted by Gasteiger charge is 2.20. The maximum absolute atomic E-state index is 4.60. The van der Waals surface area contributed by atoms with E-state index < -0.39 is 0 Å². The SMILES string of the molecule is CC[n+]1c(Nc2ccccc2)nc2nc(C)cc(C)n21. The van der Waals surface area contributed by atoms with Crippen molar-refractivity contribution in [1.82, 2.24) is 14.5 Å². The van der Waals surface area contributed by atoms with Crippen molar-refractivity contribution in [1.29, 1.82) is 0 Å². The Morgan fingerprint density at radius 3 is 2.60 bits per heavy atom. The molecule has 2 heterocycles. The highest BCUT2D eigenvalue weighted by Crippen LogP contribution is 2.13. The molecule has 2 aromatic heterocycles. The number of fused-ring (bicyclic) bond motifs is 1. The van der Waals surface area contributed by atoms with Crippen molar-refractivity contribution >= 4 is 17.4 Å². The Hall–Kier alpha value is -2.43. The average Bonchev–Trinajstić information content (AvgIpc) is 2.77. The molecule has 0 amide bonds. The molecule has 1 aromatic carbocycles. The summed E-state index contributed by atoms with van der Waals surface area (Å²) in [4.78, 5) is 9.10. The van der Waals surface area contributed by atoms with Crippen LogP contribution in [0.1, 0.15) is 18.3 Å². The molecule has 0 aliphatic carbocycles. The average molecular weight is 268 g/mol. The molecule has 0 atom stereocenters. The van der Waals surface area contributed by atoms with Gasteiger partial charge >= 0.3 is 11.7 Å². The highest BCUT2D eigenvalue weighted by atomic mass is 15.5. The molecule has 5 nitrogen and oxygen atoms in total. The fourth-order valence-corrected chi connectivity index (χ4v) is 2.41. The molecule has 5 heteroatoms. The number of hydrogen-bond donors (Lipinski definition) is 1. The number of nitrogens with zero attached hydrogens (tertiary/aromatic N) is 4. The Balaban J connectivity index is 2.14. The summed E-state index contributed by atoms with van der Waals surface area (Å²) in [5.74, 6) is 1.53. The molecule has 0 saturated carbocycles. The molecule has 0 spiro atoms. The summed E-state index contributed by atoms with van der Waals surface area (Å²) in [7, 11) is 0. The Kier molecular flexibility index (Phi) is 3.10. The molecule has 102 valence electrons. The van der Waals surface area contributed by atoms with Crippen LogP contribution in [0.25, 0.3) is 5.78 Å². The first-order valence-corrected chi connectivity index (χ1v) is 6.78. The van der Waals surface area contributed by atoms with Gasteiger partial charge in [0.1, 0.15) is 0 Å². The Morgan fingerprint density at radius 1 is 1.15 bits per heavy atom. The summed E-state index contributed by atoms with van der Waals surface area (Å²) >= 11 is 0. The molecular weight excluding hydrogens is 250 g/mol. The number of para-hydroxylation sites is 1. The summed E-state index contributed by atoms with van der Waals surface area (Å²) in [6.07, 6.45) is 0. The Labute approximate surface area is 117 Å². The molecule has 0 saturated heterocycles. The second-order valence-corrected chi connectivity index (χ2v) is 4.79. The maximum Gasteiger partial charge on any atom is 0.418 e. The van der Waals surface area contributed by atoms with Gasteiger partial charge in [-0.05, 0) is 44.0 Å². The molecule has 20 heavy (non-hydrogen) atoms. The lowest BCUT2D eigenvalue weighted by molar-refractivity contribution is -0.746. The summed E-state index contributed by atoms with van der Waals surface area (Å²) in [6, 6.07) is 12.1. The van der Waals surface area contributed by atoms with E-state index in [9.17, 15) is 0 Å². The van der Waals surface area contributed by atoms with Crippen molar-refractivity contribution < 1.29 is 4.68 Å². The van der Waals surface area contributed by atoms with E-state index in [2.05, 4.69) is 39.9 Å². The zero-order chi connectivity index (χ0) is 14.1. The molecule has 0 aliphatic heterocycles. The van der Waals surface area contributed by atoms with Crippen molar-refractivity contribution in [3.05, 3.63) is 47.8 Å². The van der Waals surface area contributed by atoms with Crippen LogP contribution in [-0.4, -0.2) is 14.5 Å². The summed E-state index contributed by atoms with van der Waals surface area (Å²) in [5, 5.41) is 3.35. The second kappa shape index (κ2) is 4.92. The van der Waals surface area contributed by atoms with Gasteiger partial charge in [0.2, 0.25) is 0 Å². The third-order valence-electron chi connectivity index (χ3n) is 3.24. The lowest BCUT2D eigenvalue weighted by atomic mass is 10.3. The molecule has 0 bridgehead atoms. The topological polar surface area (TPSA) is 46.1 Å². The minimum atomic E-state index is 0.725. The van der Waals surface area contributed by atoms with E-state index in [1.165, 1.54) is 0 Å². The molecule has 0 radical (unpaired) electrons. The number of anilines is 2. The van der Waals surface area contributed by atoms with E-state index in [0.29, 0.717) is 0 Å². The first-order chi connectivity index (χ1) is 9.69. The largest absolute Gasteiger partial charge is 0.418 e. The molecule has 0 fully saturated rings. The van der Waals surface area contributed by atoms with Crippen LogP contribution in [0.2, 0.25) is 0 Å². The standard InChI is InChI=1S/C15H17N5/c1-4-19-14(17-13-8-6-5-7-9-13)18-15-16-11(2)10-12(3)20(15)19/h5-10H,4H2,1-3H3/p+1. The number of aryl methyl sites for hydroxylation is 3. The Morgan fingerprint density at radius 2 is 1.90 bits per heavy atom. The first-order valence-electron chi connectivity index (χ1n) is 6.78. The van der Waals surface area contributed by atoms with E-state index in [1.807, 2.05) is 41.8 Å². The number of nitrogens with one attached hydrogen (secondary N) is 1. The summed E-state index contributed by atoms with van der Waals surface area (Å²) in [6.45, 7) is 6.98. The van der Waals surface area contributed by atoms with Gasteiger partial charge in [0.15, 0.2) is 0 Å². The van der Waals surface area contributed by atoms with E-state index in [4.69, 9.17) is 0 Å². The fourth-order valence-electron chi connectivity index (χ4n) is 2.41. The van der Waals surface area contributed by atoms with Crippen LogP contribution in [0.3, 0.4) is 0 Å². The second-order valence-electron chi connectivity index (χ2n) is 4.79. The maximum atomic E-state index is 4.60. The monoisotopic (exact) mass is 268 g/mol. The van der Waals surface area contributed by atoms with Crippen LogP contribution < -0.4 is 10.00 Å². The summed E-state index contributed by atoms with van der Waals surface area (Å²) in [5.41, 5.74) is 3.13. The predicted octanol–water partition coefficient (Wildman–Crippen LogP) is 2.40. The van der Waals surface area contributed by atoms with E-state index in [0.717, 1.165) is 35.3 Å². The molecule has 0 aliphatic rings. The van der Waals surface area contributed by atoms with Gasteiger partial charge in [-0.15, -0.1) is 0 Å². The Bertz CT molecular complexity index is 746. The van der Waals surface area contributed by atoms with E-state index >= 15 is 0 Å². The van der Waals surface area contributed by atoms with Crippen molar-refractivity contribution in [3.63, 3.8) is 0 Å². The lowest BCUT2D eigenvalue weighted by Crippen LogP contribution is -2.41. The van der Waals surface area contributed by atoms with Crippen LogP contribution in [0.4, 0.5) is 11.6 Å². The van der Waals surface area contributed by atoms with Gasteiger partial charge in [-0.3, -0.25) is 0 Å². The van der Waals surface area contributed by atoms with Gasteiger partial charge in [0, 0.05) is 5.69 Å². The zero-order valence-corrected chi connectivity index (χ0v) is 12.0. The fraction of sp³-hybridized carbons (Fsp3) is 0.267. The van der Waals surface area contributed by atoms with Crippen molar-refractivity contribution in [2.45, 2.75) is 27.3 Å². The van der Waals surface area contributed by atoms with Crippen LogP contribution in [0.15, 0.2) is 36.4 Å². The number of rotatable bonds is 3. The molecular formula is C15H18N5+. The van der Waals surface area contributed by atoms with Gasteiger partial charge in [-0.1, -0.05) is 18.2 Å². The number of aromatic nitrogens is 4. The van der Waals surface area contributed by atoms with Crippen LogP contribution in [0, 0.1) is 13.8 Å². The molecule has 3 aromatic rings. The minimum Gasteiger partial charge on any atom is -0.240 e.